The number of amides is 1. The van der Waals surface area contributed by atoms with Crippen LogP contribution in [0.4, 0.5) is 11.4 Å². The van der Waals surface area contributed by atoms with Gasteiger partial charge in [-0.05, 0) is 18.1 Å². The van der Waals surface area contributed by atoms with Crippen LogP contribution in [0.1, 0.15) is 20.8 Å². The van der Waals surface area contributed by atoms with Crippen LogP contribution in [0, 0.1) is 5.92 Å². The van der Waals surface area contributed by atoms with Crippen molar-refractivity contribution in [3.8, 4) is 0 Å². The Balaban J connectivity index is 2.37. The van der Waals surface area contributed by atoms with Crippen molar-refractivity contribution in [3.63, 3.8) is 0 Å². The molecule has 0 radical (unpaired) electrons. The van der Waals surface area contributed by atoms with Crippen LogP contribution in [-0.2, 0) is 4.79 Å². The highest BCUT2D eigenvalue weighted by Gasteiger charge is 2.27. The Morgan fingerprint density at radius 3 is 2.75 bits per heavy atom. The van der Waals surface area contributed by atoms with E-state index in [4.69, 9.17) is 0 Å². The SMILES string of the molecule is CC(=O)N1CC(C(C)C)Nc2ccccc21. The molecule has 1 aromatic rings. The van der Waals surface area contributed by atoms with Crippen molar-refractivity contribution in [3.05, 3.63) is 24.3 Å². The zero-order valence-corrected chi connectivity index (χ0v) is 10.0. The normalized spacial score (nSPS) is 19.2. The van der Waals surface area contributed by atoms with E-state index >= 15 is 0 Å². The van der Waals surface area contributed by atoms with Crippen LogP contribution < -0.4 is 10.2 Å². The Morgan fingerprint density at radius 2 is 2.12 bits per heavy atom. The molecule has 0 fully saturated rings. The lowest BCUT2D eigenvalue weighted by atomic mass is 10.00. The monoisotopic (exact) mass is 218 g/mol. The van der Waals surface area contributed by atoms with Gasteiger partial charge in [0.15, 0.2) is 0 Å². The maximum absolute atomic E-state index is 11.6. The smallest absolute Gasteiger partial charge is 0.223 e. The van der Waals surface area contributed by atoms with Gasteiger partial charge < -0.3 is 10.2 Å². The molecule has 0 aromatic heterocycles. The first kappa shape index (κ1) is 11.0. The second-order valence-corrected chi connectivity index (χ2v) is 4.64. The van der Waals surface area contributed by atoms with Gasteiger partial charge in [0.2, 0.25) is 5.91 Å². The van der Waals surface area contributed by atoms with E-state index in [0.717, 1.165) is 17.9 Å². The molecule has 86 valence electrons. The summed E-state index contributed by atoms with van der Waals surface area (Å²) < 4.78 is 0. The second kappa shape index (κ2) is 4.16. The Kier molecular flexibility index (Phi) is 2.86. The Hall–Kier alpha value is -1.51. The molecule has 1 amide bonds. The largest absolute Gasteiger partial charge is 0.379 e. The van der Waals surface area contributed by atoms with Crippen LogP contribution in [0.5, 0.6) is 0 Å². The molecule has 0 saturated heterocycles. The van der Waals surface area contributed by atoms with Gasteiger partial charge in [-0.1, -0.05) is 26.0 Å². The van der Waals surface area contributed by atoms with Crippen molar-refractivity contribution in [1.82, 2.24) is 0 Å². The van der Waals surface area contributed by atoms with Crippen molar-refractivity contribution >= 4 is 17.3 Å². The predicted molar refractivity (Wildman–Crippen MR) is 66.7 cm³/mol. The average Bonchev–Trinajstić information content (AvgIpc) is 2.27. The first-order chi connectivity index (χ1) is 7.59. The lowest BCUT2D eigenvalue weighted by Crippen LogP contribution is -2.46. The lowest BCUT2D eigenvalue weighted by molar-refractivity contribution is -0.116. The van der Waals surface area contributed by atoms with E-state index in [0.29, 0.717) is 12.0 Å². The number of hydrogen-bond acceptors (Lipinski definition) is 2. The zero-order valence-electron chi connectivity index (χ0n) is 10.0. The molecular weight excluding hydrogens is 200 g/mol. The molecule has 0 spiro atoms. The molecule has 1 N–H and O–H groups in total. The van der Waals surface area contributed by atoms with Crippen molar-refractivity contribution in [2.24, 2.45) is 5.92 Å². The summed E-state index contributed by atoms with van der Waals surface area (Å²) in [5, 5.41) is 3.49. The number of carbonyl (C=O) groups excluding carboxylic acids is 1. The van der Waals surface area contributed by atoms with E-state index in [-0.39, 0.29) is 5.91 Å². The first-order valence-corrected chi connectivity index (χ1v) is 5.73. The molecule has 1 atom stereocenters. The number of rotatable bonds is 1. The lowest BCUT2D eigenvalue weighted by Gasteiger charge is -2.37. The van der Waals surface area contributed by atoms with Gasteiger partial charge in [0.05, 0.1) is 11.4 Å². The predicted octanol–water partition coefficient (Wildman–Crippen LogP) is 2.49. The third-order valence-electron chi connectivity index (χ3n) is 3.10. The van der Waals surface area contributed by atoms with Gasteiger partial charge in [-0.2, -0.15) is 0 Å². The van der Waals surface area contributed by atoms with Crippen LogP contribution in [0.2, 0.25) is 0 Å². The molecule has 3 nitrogen and oxygen atoms in total. The van der Waals surface area contributed by atoms with Crippen molar-refractivity contribution < 1.29 is 4.79 Å². The van der Waals surface area contributed by atoms with Gasteiger partial charge in [-0.3, -0.25) is 4.79 Å². The Morgan fingerprint density at radius 1 is 1.44 bits per heavy atom. The van der Waals surface area contributed by atoms with Crippen LogP contribution >= 0.6 is 0 Å². The van der Waals surface area contributed by atoms with Crippen molar-refractivity contribution in [2.75, 3.05) is 16.8 Å². The van der Waals surface area contributed by atoms with E-state index in [1.165, 1.54) is 0 Å². The summed E-state index contributed by atoms with van der Waals surface area (Å²) >= 11 is 0. The number of carbonyl (C=O) groups is 1. The number of fused-ring (bicyclic) bond motifs is 1. The number of hydrogen-bond donors (Lipinski definition) is 1. The minimum absolute atomic E-state index is 0.111. The summed E-state index contributed by atoms with van der Waals surface area (Å²) in [7, 11) is 0. The topological polar surface area (TPSA) is 32.3 Å². The maximum atomic E-state index is 11.6. The van der Waals surface area contributed by atoms with Crippen molar-refractivity contribution in [1.29, 1.82) is 0 Å². The summed E-state index contributed by atoms with van der Waals surface area (Å²) in [6.07, 6.45) is 0. The van der Waals surface area contributed by atoms with E-state index in [1.807, 2.05) is 29.2 Å². The Labute approximate surface area is 96.5 Å². The number of anilines is 2. The quantitative estimate of drug-likeness (QED) is 0.785. The molecular formula is C13H18N2O. The highest BCUT2D eigenvalue weighted by molar-refractivity contribution is 5.96. The molecule has 0 saturated carbocycles. The van der Waals surface area contributed by atoms with Gasteiger partial charge in [0.1, 0.15) is 0 Å². The highest BCUT2D eigenvalue weighted by atomic mass is 16.2. The van der Waals surface area contributed by atoms with Crippen LogP contribution in [-0.4, -0.2) is 18.5 Å². The number of para-hydroxylation sites is 2. The molecule has 0 bridgehead atoms. The fraction of sp³-hybridized carbons (Fsp3) is 0.462. The van der Waals surface area contributed by atoms with Gasteiger partial charge in [0, 0.05) is 19.5 Å². The summed E-state index contributed by atoms with van der Waals surface area (Å²) in [5.41, 5.74) is 2.05. The van der Waals surface area contributed by atoms with E-state index in [1.54, 1.807) is 6.92 Å². The van der Waals surface area contributed by atoms with Crippen LogP contribution in [0.25, 0.3) is 0 Å². The van der Waals surface area contributed by atoms with Crippen LogP contribution in [0.3, 0.4) is 0 Å². The maximum Gasteiger partial charge on any atom is 0.223 e. The van der Waals surface area contributed by atoms with E-state index < -0.39 is 0 Å². The number of nitrogens with one attached hydrogen (secondary N) is 1. The third-order valence-corrected chi connectivity index (χ3v) is 3.10. The van der Waals surface area contributed by atoms with Gasteiger partial charge in [-0.25, -0.2) is 0 Å². The second-order valence-electron chi connectivity index (χ2n) is 4.64. The summed E-state index contributed by atoms with van der Waals surface area (Å²) in [4.78, 5) is 13.5. The molecule has 1 aliphatic rings. The molecule has 1 heterocycles. The summed E-state index contributed by atoms with van der Waals surface area (Å²) in [6.45, 7) is 6.72. The molecule has 1 aromatic carbocycles. The summed E-state index contributed by atoms with van der Waals surface area (Å²) in [5.74, 6) is 0.620. The fourth-order valence-corrected chi connectivity index (χ4v) is 2.05. The third kappa shape index (κ3) is 1.90. The highest BCUT2D eigenvalue weighted by Crippen LogP contribution is 2.32. The average molecular weight is 218 g/mol. The minimum atomic E-state index is 0.111. The van der Waals surface area contributed by atoms with Crippen molar-refractivity contribution in [2.45, 2.75) is 26.8 Å². The number of nitrogens with zero attached hydrogens (tertiary/aromatic N) is 1. The molecule has 0 aliphatic carbocycles. The first-order valence-electron chi connectivity index (χ1n) is 5.73. The molecule has 16 heavy (non-hydrogen) atoms. The molecule has 1 aliphatic heterocycles. The molecule has 1 unspecified atom stereocenters. The zero-order chi connectivity index (χ0) is 11.7. The van der Waals surface area contributed by atoms with Gasteiger partial charge >= 0.3 is 0 Å². The van der Waals surface area contributed by atoms with Gasteiger partial charge in [-0.15, -0.1) is 0 Å². The van der Waals surface area contributed by atoms with Crippen LogP contribution in [0.15, 0.2) is 24.3 Å². The number of benzene rings is 1. The fourth-order valence-electron chi connectivity index (χ4n) is 2.05. The minimum Gasteiger partial charge on any atom is -0.379 e. The van der Waals surface area contributed by atoms with E-state index in [9.17, 15) is 4.79 Å². The summed E-state index contributed by atoms with van der Waals surface area (Å²) in [6, 6.07) is 8.30. The Bertz CT molecular complexity index is 401. The standard InChI is InChI=1S/C13H18N2O/c1-9(2)12-8-15(10(3)16)13-7-5-4-6-11(13)14-12/h4-7,9,12,14H,8H2,1-3H3. The van der Waals surface area contributed by atoms with Gasteiger partial charge in [0.25, 0.3) is 0 Å². The van der Waals surface area contributed by atoms with E-state index in [2.05, 4.69) is 19.2 Å². The molecule has 2 rings (SSSR count). The molecule has 3 heteroatoms.